The first-order valence-corrected chi connectivity index (χ1v) is 6.72. The van der Waals surface area contributed by atoms with Gasteiger partial charge in [-0.25, -0.2) is 4.39 Å². The normalized spacial score (nSPS) is 12.7. The van der Waals surface area contributed by atoms with Gasteiger partial charge in [0.05, 0.1) is 21.9 Å². The van der Waals surface area contributed by atoms with Crippen LogP contribution >= 0.6 is 15.9 Å². The molecule has 19 heavy (non-hydrogen) atoms. The minimum atomic E-state index is -0.299. The zero-order chi connectivity index (χ0) is 14.0. The Kier molecular flexibility index (Phi) is 4.34. The van der Waals surface area contributed by atoms with Crippen LogP contribution in [-0.4, -0.2) is 9.78 Å². The summed E-state index contributed by atoms with van der Waals surface area (Å²) in [4.78, 5) is 0. The average Bonchev–Trinajstić information content (AvgIpc) is 2.63. The molecule has 0 aliphatic carbocycles. The standard InChI is InChI=1S/C13H16BrFN4/c1-8-13(14)12(19(2)18-8)7-11(17-16)9-5-3-4-6-10(9)15/h3-6,11,17H,7,16H2,1-2H3. The molecule has 1 heterocycles. The molecule has 1 unspecified atom stereocenters. The number of nitrogens with zero attached hydrogens (tertiary/aromatic N) is 2. The van der Waals surface area contributed by atoms with Gasteiger partial charge in [0.15, 0.2) is 0 Å². The highest BCUT2D eigenvalue weighted by molar-refractivity contribution is 9.10. The number of hydrogen-bond acceptors (Lipinski definition) is 3. The molecule has 0 amide bonds. The molecule has 1 atom stereocenters. The van der Waals surface area contributed by atoms with Crippen molar-refractivity contribution in [1.82, 2.24) is 15.2 Å². The van der Waals surface area contributed by atoms with Crippen molar-refractivity contribution < 1.29 is 4.39 Å². The first-order chi connectivity index (χ1) is 9.04. The smallest absolute Gasteiger partial charge is 0.128 e. The van der Waals surface area contributed by atoms with Crippen molar-refractivity contribution in [2.75, 3.05) is 0 Å². The van der Waals surface area contributed by atoms with E-state index in [-0.39, 0.29) is 11.9 Å². The molecule has 1 aromatic carbocycles. The van der Waals surface area contributed by atoms with Crippen LogP contribution in [0.5, 0.6) is 0 Å². The van der Waals surface area contributed by atoms with Crippen LogP contribution in [0.25, 0.3) is 0 Å². The van der Waals surface area contributed by atoms with E-state index in [0.29, 0.717) is 12.0 Å². The number of nitrogens with one attached hydrogen (secondary N) is 1. The van der Waals surface area contributed by atoms with Crippen molar-refractivity contribution >= 4 is 15.9 Å². The third-order valence-corrected chi connectivity index (χ3v) is 4.17. The predicted molar refractivity (Wildman–Crippen MR) is 75.8 cm³/mol. The van der Waals surface area contributed by atoms with Crippen LogP contribution in [0.3, 0.4) is 0 Å². The summed E-state index contributed by atoms with van der Waals surface area (Å²) in [7, 11) is 1.86. The van der Waals surface area contributed by atoms with E-state index in [1.807, 2.05) is 14.0 Å². The molecular weight excluding hydrogens is 311 g/mol. The lowest BCUT2D eigenvalue weighted by Gasteiger charge is -2.17. The lowest BCUT2D eigenvalue weighted by atomic mass is 10.0. The van der Waals surface area contributed by atoms with Crippen molar-refractivity contribution in [2.45, 2.75) is 19.4 Å². The molecule has 6 heteroatoms. The maximum Gasteiger partial charge on any atom is 0.128 e. The summed E-state index contributed by atoms with van der Waals surface area (Å²) in [5, 5.41) is 4.32. The second kappa shape index (κ2) is 5.81. The highest BCUT2D eigenvalue weighted by Crippen LogP contribution is 2.26. The minimum Gasteiger partial charge on any atom is -0.271 e. The van der Waals surface area contributed by atoms with Gasteiger partial charge in [-0.05, 0) is 28.9 Å². The number of halogens is 2. The molecule has 0 saturated heterocycles. The van der Waals surface area contributed by atoms with Gasteiger partial charge in [-0.15, -0.1) is 0 Å². The quantitative estimate of drug-likeness (QED) is 0.670. The first kappa shape index (κ1) is 14.2. The second-order valence-corrected chi connectivity index (χ2v) is 5.21. The molecule has 0 aliphatic rings. The maximum absolute atomic E-state index is 13.8. The summed E-state index contributed by atoms with van der Waals surface area (Å²) in [6.07, 6.45) is 0.551. The molecule has 0 saturated carbocycles. The minimum absolute atomic E-state index is 0.263. The Balaban J connectivity index is 2.32. The summed E-state index contributed by atoms with van der Waals surface area (Å²) in [5.74, 6) is 5.30. The maximum atomic E-state index is 13.8. The molecule has 4 nitrogen and oxygen atoms in total. The summed E-state index contributed by atoms with van der Waals surface area (Å²) >= 11 is 3.50. The molecule has 0 spiro atoms. The van der Waals surface area contributed by atoms with E-state index in [4.69, 9.17) is 5.84 Å². The second-order valence-electron chi connectivity index (χ2n) is 4.41. The van der Waals surface area contributed by atoms with Crippen molar-refractivity contribution in [1.29, 1.82) is 0 Å². The van der Waals surface area contributed by atoms with E-state index < -0.39 is 0 Å². The fourth-order valence-corrected chi connectivity index (χ4v) is 2.61. The van der Waals surface area contributed by atoms with Crippen LogP contribution in [0.4, 0.5) is 4.39 Å². The first-order valence-electron chi connectivity index (χ1n) is 5.93. The van der Waals surface area contributed by atoms with Gasteiger partial charge >= 0.3 is 0 Å². The number of aryl methyl sites for hydroxylation is 2. The molecule has 2 rings (SSSR count). The number of aromatic nitrogens is 2. The summed E-state index contributed by atoms with van der Waals surface area (Å²) in [6, 6.07) is 6.33. The van der Waals surface area contributed by atoms with Crippen molar-refractivity contribution in [2.24, 2.45) is 12.9 Å². The Morgan fingerprint density at radius 2 is 2.16 bits per heavy atom. The lowest BCUT2D eigenvalue weighted by molar-refractivity contribution is 0.496. The topological polar surface area (TPSA) is 55.9 Å². The van der Waals surface area contributed by atoms with E-state index in [0.717, 1.165) is 15.9 Å². The van der Waals surface area contributed by atoms with Crippen LogP contribution in [0.1, 0.15) is 23.0 Å². The monoisotopic (exact) mass is 326 g/mol. The Hall–Kier alpha value is -1.24. The molecule has 1 aromatic heterocycles. The van der Waals surface area contributed by atoms with Crippen molar-refractivity contribution in [3.05, 3.63) is 51.5 Å². The Bertz CT molecular complexity index is 582. The number of rotatable bonds is 4. The van der Waals surface area contributed by atoms with Gasteiger partial charge in [-0.1, -0.05) is 18.2 Å². The molecule has 2 aromatic rings. The largest absolute Gasteiger partial charge is 0.271 e. The molecular formula is C13H16BrFN4. The Morgan fingerprint density at radius 1 is 1.47 bits per heavy atom. The van der Waals surface area contributed by atoms with E-state index in [2.05, 4.69) is 26.5 Å². The highest BCUT2D eigenvalue weighted by Gasteiger charge is 2.19. The summed E-state index contributed by atoms with van der Waals surface area (Å²) in [5.41, 5.74) is 5.10. The zero-order valence-electron chi connectivity index (χ0n) is 10.8. The number of hydrogen-bond donors (Lipinski definition) is 2. The van der Waals surface area contributed by atoms with Gasteiger partial charge in [0, 0.05) is 19.0 Å². The van der Waals surface area contributed by atoms with Gasteiger partial charge in [0.2, 0.25) is 0 Å². The van der Waals surface area contributed by atoms with Crippen molar-refractivity contribution in [3.63, 3.8) is 0 Å². The van der Waals surface area contributed by atoms with E-state index in [1.54, 1.807) is 22.9 Å². The van der Waals surface area contributed by atoms with Crippen LogP contribution in [-0.2, 0) is 13.5 Å². The van der Waals surface area contributed by atoms with Gasteiger partial charge < -0.3 is 0 Å². The molecule has 0 aliphatic heterocycles. The summed E-state index contributed by atoms with van der Waals surface area (Å²) < 4.78 is 16.5. The summed E-state index contributed by atoms with van der Waals surface area (Å²) in [6.45, 7) is 1.92. The van der Waals surface area contributed by atoms with Gasteiger partial charge in [0.1, 0.15) is 5.82 Å². The fourth-order valence-electron chi connectivity index (χ4n) is 2.11. The van der Waals surface area contributed by atoms with Gasteiger partial charge in [-0.3, -0.25) is 16.0 Å². The average molecular weight is 327 g/mol. The van der Waals surface area contributed by atoms with Gasteiger partial charge in [-0.2, -0.15) is 5.10 Å². The highest BCUT2D eigenvalue weighted by atomic mass is 79.9. The Morgan fingerprint density at radius 3 is 2.68 bits per heavy atom. The molecule has 102 valence electrons. The van der Waals surface area contributed by atoms with E-state index >= 15 is 0 Å². The molecule has 0 radical (unpaired) electrons. The fraction of sp³-hybridized carbons (Fsp3) is 0.308. The van der Waals surface area contributed by atoms with Crippen LogP contribution in [0.2, 0.25) is 0 Å². The van der Waals surface area contributed by atoms with E-state index in [1.165, 1.54) is 6.07 Å². The molecule has 3 N–H and O–H groups in total. The van der Waals surface area contributed by atoms with E-state index in [9.17, 15) is 4.39 Å². The number of benzene rings is 1. The van der Waals surface area contributed by atoms with Crippen LogP contribution in [0.15, 0.2) is 28.7 Å². The van der Waals surface area contributed by atoms with Crippen LogP contribution in [0, 0.1) is 12.7 Å². The van der Waals surface area contributed by atoms with Gasteiger partial charge in [0.25, 0.3) is 0 Å². The Labute approximate surface area is 119 Å². The number of hydrazine groups is 1. The lowest BCUT2D eigenvalue weighted by Crippen LogP contribution is -2.30. The third-order valence-electron chi connectivity index (χ3n) is 3.14. The zero-order valence-corrected chi connectivity index (χ0v) is 12.4. The van der Waals surface area contributed by atoms with Crippen LogP contribution < -0.4 is 11.3 Å². The third kappa shape index (κ3) is 2.86. The molecule has 0 bridgehead atoms. The SMILES string of the molecule is Cc1nn(C)c(CC(NN)c2ccccc2F)c1Br. The predicted octanol–water partition coefficient (Wildman–Crippen LogP) is 2.38. The molecule has 0 fully saturated rings. The van der Waals surface area contributed by atoms with Crippen molar-refractivity contribution in [3.8, 4) is 0 Å². The number of nitrogens with two attached hydrogens (primary N) is 1.